The largest absolute Gasteiger partial charge is 0.416 e. The normalized spacial score (nSPS) is 11.7. The maximum Gasteiger partial charge on any atom is 0.416 e. The average Bonchev–Trinajstić information content (AvgIpc) is 2.61. The molecule has 0 aromatic heterocycles. The van der Waals surface area contributed by atoms with E-state index in [-0.39, 0.29) is 0 Å². The summed E-state index contributed by atoms with van der Waals surface area (Å²) in [5, 5.41) is 0.526. The lowest BCUT2D eigenvalue weighted by Gasteiger charge is -2.15. The van der Waals surface area contributed by atoms with Gasteiger partial charge in [-0.1, -0.05) is 54.4 Å². The van der Waals surface area contributed by atoms with Gasteiger partial charge < -0.3 is 0 Å². The Morgan fingerprint density at radius 3 is 2.15 bits per heavy atom. The van der Waals surface area contributed by atoms with Gasteiger partial charge in [-0.3, -0.25) is 0 Å². The summed E-state index contributed by atoms with van der Waals surface area (Å²) in [6.07, 6.45) is -3.86. The number of benzene rings is 3. The zero-order chi connectivity index (χ0) is 19.8. The fourth-order valence-corrected chi connectivity index (χ4v) is 3.58. The Hall–Kier alpha value is -2.26. The Balaban J connectivity index is 2.15. The molecule has 0 unspecified atom stereocenters. The third-order valence-electron chi connectivity index (χ3n) is 4.76. The Bertz CT molecular complexity index is 987. The van der Waals surface area contributed by atoms with Crippen molar-refractivity contribution in [1.29, 1.82) is 0 Å². The van der Waals surface area contributed by atoms with E-state index in [0.29, 0.717) is 17.0 Å². The van der Waals surface area contributed by atoms with Crippen molar-refractivity contribution >= 4 is 11.6 Å². The maximum absolute atomic E-state index is 13.1. The van der Waals surface area contributed by atoms with Crippen molar-refractivity contribution < 1.29 is 13.2 Å². The molecule has 3 aromatic carbocycles. The lowest BCUT2D eigenvalue weighted by molar-refractivity contribution is -0.137. The first-order valence-electron chi connectivity index (χ1n) is 8.78. The smallest absolute Gasteiger partial charge is 0.166 e. The minimum absolute atomic E-state index is 0.489. The Morgan fingerprint density at radius 2 is 1.52 bits per heavy atom. The summed E-state index contributed by atoms with van der Waals surface area (Å²) < 4.78 is 39.2. The lowest BCUT2D eigenvalue weighted by atomic mass is 9.92. The van der Waals surface area contributed by atoms with Crippen LogP contribution in [0, 0.1) is 13.8 Å². The number of hydrogen-bond acceptors (Lipinski definition) is 0. The van der Waals surface area contributed by atoms with Crippen LogP contribution in [0.5, 0.6) is 0 Å². The third-order valence-corrected chi connectivity index (χ3v) is 5.09. The van der Waals surface area contributed by atoms with Crippen LogP contribution in [-0.2, 0) is 12.6 Å². The molecule has 0 heterocycles. The van der Waals surface area contributed by atoms with E-state index in [1.165, 1.54) is 17.7 Å². The van der Waals surface area contributed by atoms with Gasteiger partial charge in [0.25, 0.3) is 0 Å². The van der Waals surface area contributed by atoms with Crippen LogP contribution < -0.4 is 0 Å². The van der Waals surface area contributed by atoms with E-state index in [4.69, 9.17) is 11.6 Å². The summed E-state index contributed by atoms with van der Waals surface area (Å²) in [4.78, 5) is 0. The molecule has 0 amide bonds. The van der Waals surface area contributed by atoms with E-state index in [2.05, 4.69) is 12.1 Å². The number of aryl methyl sites for hydroxylation is 3. The van der Waals surface area contributed by atoms with E-state index in [9.17, 15) is 13.2 Å². The van der Waals surface area contributed by atoms with Gasteiger partial charge in [-0.05, 0) is 72.4 Å². The highest BCUT2D eigenvalue weighted by molar-refractivity contribution is 6.33. The van der Waals surface area contributed by atoms with Crippen LogP contribution in [-0.4, -0.2) is 0 Å². The first-order chi connectivity index (χ1) is 12.7. The van der Waals surface area contributed by atoms with Crippen molar-refractivity contribution in [3.63, 3.8) is 0 Å². The maximum atomic E-state index is 13.1. The second-order valence-corrected chi connectivity index (χ2v) is 7.14. The van der Waals surface area contributed by atoms with Crippen molar-refractivity contribution in [2.24, 2.45) is 0 Å². The summed E-state index contributed by atoms with van der Waals surface area (Å²) in [5.74, 6) is 0. The predicted octanol–water partition coefficient (Wildman–Crippen LogP) is 7.87. The van der Waals surface area contributed by atoms with Crippen molar-refractivity contribution in [3.8, 4) is 22.3 Å². The quantitative estimate of drug-likeness (QED) is 0.428. The van der Waals surface area contributed by atoms with Crippen LogP contribution in [0.15, 0.2) is 54.6 Å². The first-order valence-corrected chi connectivity index (χ1v) is 9.16. The van der Waals surface area contributed by atoms with E-state index in [1.54, 1.807) is 0 Å². The topological polar surface area (TPSA) is 0 Å². The summed E-state index contributed by atoms with van der Waals surface area (Å²) in [6, 6.07) is 15.8. The Morgan fingerprint density at radius 1 is 0.815 bits per heavy atom. The molecule has 0 spiro atoms. The fraction of sp³-hybridized carbons (Fsp3) is 0.217. The van der Waals surface area contributed by atoms with Gasteiger partial charge in [0.1, 0.15) is 0 Å². The molecule has 0 aliphatic carbocycles. The number of rotatable bonds is 3. The molecule has 27 heavy (non-hydrogen) atoms. The van der Waals surface area contributed by atoms with Gasteiger partial charge in [-0.25, -0.2) is 0 Å². The molecule has 0 aliphatic rings. The van der Waals surface area contributed by atoms with Gasteiger partial charge in [-0.15, -0.1) is 0 Å². The van der Waals surface area contributed by atoms with Crippen LogP contribution >= 0.6 is 11.6 Å². The summed E-state index contributed by atoms with van der Waals surface area (Å²) in [5.41, 5.74) is 5.89. The minimum atomic E-state index is -4.35. The predicted molar refractivity (Wildman–Crippen MR) is 106 cm³/mol. The molecule has 140 valence electrons. The van der Waals surface area contributed by atoms with E-state index in [0.717, 1.165) is 33.9 Å². The minimum Gasteiger partial charge on any atom is -0.166 e. The molecule has 3 rings (SSSR count). The first kappa shape index (κ1) is 19.5. The lowest BCUT2D eigenvalue weighted by Crippen LogP contribution is -2.06. The van der Waals surface area contributed by atoms with Crippen LogP contribution in [0.25, 0.3) is 22.3 Å². The summed E-state index contributed by atoms with van der Waals surface area (Å²) in [7, 11) is 0. The number of alkyl halides is 3. The molecule has 0 saturated carbocycles. The summed E-state index contributed by atoms with van der Waals surface area (Å²) >= 11 is 6.42. The molecule has 0 aliphatic heterocycles. The van der Waals surface area contributed by atoms with E-state index in [1.807, 2.05) is 45.0 Å². The number of hydrogen-bond donors (Lipinski definition) is 0. The van der Waals surface area contributed by atoms with Gasteiger partial charge in [0.05, 0.1) is 5.56 Å². The van der Waals surface area contributed by atoms with Crippen molar-refractivity contribution in [2.75, 3.05) is 0 Å². The molecule has 0 atom stereocenters. The van der Waals surface area contributed by atoms with E-state index >= 15 is 0 Å². The standard InChI is InChI=1S/C23H20ClF3/c1-4-16-12-18(23(25,26)27)7-9-20(16)21-13-17(6-10-22(21)24)19-8-5-14(2)11-15(19)3/h5-13H,4H2,1-3H3. The zero-order valence-corrected chi connectivity index (χ0v) is 16.2. The van der Waals surface area contributed by atoms with Crippen LogP contribution in [0.2, 0.25) is 5.02 Å². The third kappa shape index (κ3) is 4.03. The highest BCUT2D eigenvalue weighted by atomic mass is 35.5. The van der Waals surface area contributed by atoms with Crippen LogP contribution in [0.3, 0.4) is 0 Å². The van der Waals surface area contributed by atoms with Crippen molar-refractivity contribution in [2.45, 2.75) is 33.4 Å². The molecule has 0 nitrogen and oxygen atoms in total. The van der Waals surface area contributed by atoms with Gasteiger partial charge in [0.2, 0.25) is 0 Å². The van der Waals surface area contributed by atoms with E-state index < -0.39 is 11.7 Å². The van der Waals surface area contributed by atoms with Crippen molar-refractivity contribution in [3.05, 3.63) is 81.9 Å². The molecule has 0 N–H and O–H groups in total. The monoisotopic (exact) mass is 388 g/mol. The highest BCUT2D eigenvalue weighted by Gasteiger charge is 2.31. The Labute approximate surface area is 162 Å². The molecule has 0 saturated heterocycles. The molecular formula is C23H20ClF3. The highest BCUT2D eigenvalue weighted by Crippen LogP contribution is 2.38. The van der Waals surface area contributed by atoms with Gasteiger partial charge in [0, 0.05) is 10.6 Å². The van der Waals surface area contributed by atoms with Gasteiger partial charge in [0.15, 0.2) is 0 Å². The zero-order valence-electron chi connectivity index (χ0n) is 15.4. The SMILES string of the molecule is CCc1cc(C(F)(F)F)ccc1-c1cc(-c2ccc(C)cc2C)ccc1Cl. The molecule has 0 bridgehead atoms. The van der Waals surface area contributed by atoms with Gasteiger partial charge in [-0.2, -0.15) is 13.2 Å². The fourth-order valence-electron chi connectivity index (χ4n) is 3.36. The molecule has 4 heteroatoms. The second-order valence-electron chi connectivity index (χ2n) is 6.74. The van der Waals surface area contributed by atoms with Crippen LogP contribution in [0.4, 0.5) is 13.2 Å². The number of halogens is 4. The molecular weight excluding hydrogens is 369 g/mol. The Kier molecular flexibility index (Phi) is 5.34. The second kappa shape index (κ2) is 7.40. The van der Waals surface area contributed by atoms with Crippen molar-refractivity contribution in [1.82, 2.24) is 0 Å². The molecule has 0 radical (unpaired) electrons. The average molecular weight is 389 g/mol. The molecule has 3 aromatic rings. The van der Waals surface area contributed by atoms with Gasteiger partial charge >= 0.3 is 6.18 Å². The van der Waals surface area contributed by atoms with Crippen LogP contribution in [0.1, 0.15) is 29.2 Å². The summed E-state index contributed by atoms with van der Waals surface area (Å²) in [6.45, 7) is 5.94. The molecule has 0 fully saturated rings.